The zero-order valence-corrected chi connectivity index (χ0v) is 9.21. The minimum absolute atomic E-state index is 0. The van der Waals surface area contributed by atoms with Crippen molar-refractivity contribution in [3.8, 4) is 11.4 Å². The number of aliphatic hydroxyl groups is 1. The van der Waals surface area contributed by atoms with Crippen LogP contribution in [0.1, 0.15) is 11.3 Å². The summed E-state index contributed by atoms with van der Waals surface area (Å²) in [6, 6.07) is 8.08. The van der Waals surface area contributed by atoms with Gasteiger partial charge in [-0.15, -0.1) is 12.4 Å². The highest BCUT2D eigenvalue weighted by molar-refractivity contribution is 5.85. The molecule has 0 aliphatic heterocycles. The summed E-state index contributed by atoms with van der Waals surface area (Å²) in [6.45, 7) is 2.04. The Morgan fingerprint density at radius 1 is 1.40 bits per heavy atom. The van der Waals surface area contributed by atoms with Gasteiger partial charge in [-0.1, -0.05) is 23.8 Å². The molecule has 80 valence electrons. The van der Waals surface area contributed by atoms with Gasteiger partial charge in [-0.3, -0.25) is 0 Å². The molecular formula is C11H13ClN2O. The van der Waals surface area contributed by atoms with Crippen molar-refractivity contribution in [2.45, 2.75) is 13.5 Å². The van der Waals surface area contributed by atoms with Crippen LogP contribution in [-0.4, -0.2) is 15.1 Å². The second kappa shape index (κ2) is 4.96. The monoisotopic (exact) mass is 224 g/mol. The highest BCUT2D eigenvalue weighted by Gasteiger charge is 2.02. The van der Waals surface area contributed by atoms with E-state index in [1.54, 1.807) is 6.20 Å². The Morgan fingerprint density at radius 3 is 2.80 bits per heavy atom. The predicted molar refractivity (Wildman–Crippen MR) is 61.9 cm³/mol. The summed E-state index contributed by atoms with van der Waals surface area (Å²) in [6.07, 6.45) is 1.65. The van der Waals surface area contributed by atoms with Gasteiger partial charge in [0.05, 0.1) is 18.5 Å². The Bertz CT molecular complexity index is 440. The third-order valence-corrected chi connectivity index (χ3v) is 2.09. The van der Waals surface area contributed by atoms with Crippen molar-refractivity contribution in [1.29, 1.82) is 0 Å². The van der Waals surface area contributed by atoms with Crippen molar-refractivity contribution in [2.24, 2.45) is 0 Å². The van der Waals surface area contributed by atoms with Crippen LogP contribution in [0, 0.1) is 6.92 Å². The standard InChI is InChI=1S/C11H12N2O.ClH/c1-8-3-2-4-9(5-8)11-12-6-10(7-14)13-11;/h2-6,14H,7H2,1H3,(H,12,13);1H. The van der Waals surface area contributed by atoms with E-state index in [0.29, 0.717) is 0 Å². The summed E-state index contributed by atoms with van der Waals surface area (Å²) in [4.78, 5) is 7.23. The number of hydrogen-bond acceptors (Lipinski definition) is 2. The first-order chi connectivity index (χ1) is 6.79. The fourth-order valence-corrected chi connectivity index (χ4v) is 1.38. The normalized spacial score (nSPS) is 9.73. The quantitative estimate of drug-likeness (QED) is 0.823. The van der Waals surface area contributed by atoms with E-state index in [-0.39, 0.29) is 19.0 Å². The minimum atomic E-state index is -0.00117. The SMILES string of the molecule is Cc1cccc(-c2ncc(CO)[nH]2)c1.Cl. The fraction of sp³-hybridized carbons (Fsp3) is 0.182. The zero-order chi connectivity index (χ0) is 9.97. The summed E-state index contributed by atoms with van der Waals surface area (Å²) >= 11 is 0. The molecule has 4 heteroatoms. The molecule has 0 spiro atoms. The van der Waals surface area contributed by atoms with Crippen LogP contribution in [0.4, 0.5) is 0 Å². The largest absolute Gasteiger partial charge is 0.390 e. The number of imidazole rings is 1. The molecular weight excluding hydrogens is 212 g/mol. The van der Waals surface area contributed by atoms with Crippen LogP contribution in [0.3, 0.4) is 0 Å². The number of rotatable bonds is 2. The summed E-state index contributed by atoms with van der Waals surface area (Å²) < 4.78 is 0. The average molecular weight is 225 g/mol. The lowest BCUT2D eigenvalue weighted by atomic mass is 10.1. The number of halogens is 1. The zero-order valence-electron chi connectivity index (χ0n) is 8.40. The molecule has 2 aromatic rings. The average Bonchev–Trinajstić information content (AvgIpc) is 2.66. The van der Waals surface area contributed by atoms with E-state index < -0.39 is 0 Å². The van der Waals surface area contributed by atoms with Gasteiger partial charge in [-0.05, 0) is 13.0 Å². The van der Waals surface area contributed by atoms with E-state index in [0.717, 1.165) is 17.1 Å². The van der Waals surface area contributed by atoms with Crippen LogP contribution < -0.4 is 0 Å². The van der Waals surface area contributed by atoms with Gasteiger partial charge < -0.3 is 10.1 Å². The summed E-state index contributed by atoms with van der Waals surface area (Å²) in [5.41, 5.74) is 2.98. The van der Waals surface area contributed by atoms with Crippen molar-refractivity contribution in [3.05, 3.63) is 41.7 Å². The maximum absolute atomic E-state index is 8.88. The lowest BCUT2D eigenvalue weighted by Crippen LogP contribution is -1.84. The highest BCUT2D eigenvalue weighted by Crippen LogP contribution is 2.16. The summed E-state index contributed by atoms with van der Waals surface area (Å²) in [7, 11) is 0. The van der Waals surface area contributed by atoms with Gasteiger partial charge in [-0.2, -0.15) is 0 Å². The van der Waals surface area contributed by atoms with Crippen LogP contribution >= 0.6 is 12.4 Å². The van der Waals surface area contributed by atoms with Crippen LogP contribution in [0.2, 0.25) is 0 Å². The molecule has 0 fully saturated rings. The first-order valence-electron chi connectivity index (χ1n) is 4.51. The second-order valence-electron chi connectivity index (χ2n) is 3.28. The molecule has 2 rings (SSSR count). The van der Waals surface area contributed by atoms with Gasteiger partial charge in [0.1, 0.15) is 5.82 Å². The van der Waals surface area contributed by atoms with Crippen molar-refractivity contribution in [2.75, 3.05) is 0 Å². The number of aromatic amines is 1. The van der Waals surface area contributed by atoms with Gasteiger partial charge in [0.2, 0.25) is 0 Å². The molecule has 1 aromatic carbocycles. The van der Waals surface area contributed by atoms with Crippen LogP contribution in [0.15, 0.2) is 30.5 Å². The van der Waals surface area contributed by atoms with Gasteiger partial charge in [0.25, 0.3) is 0 Å². The molecule has 0 saturated heterocycles. The molecule has 2 N–H and O–H groups in total. The first kappa shape index (κ1) is 11.8. The maximum Gasteiger partial charge on any atom is 0.137 e. The lowest BCUT2D eigenvalue weighted by Gasteiger charge is -1.97. The lowest BCUT2D eigenvalue weighted by molar-refractivity contribution is 0.277. The Balaban J connectivity index is 0.00000112. The Labute approximate surface area is 94.6 Å². The molecule has 0 atom stereocenters. The first-order valence-corrected chi connectivity index (χ1v) is 4.51. The van der Waals surface area contributed by atoms with Crippen molar-refractivity contribution >= 4 is 12.4 Å². The maximum atomic E-state index is 8.88. The number of benzene rings is 1. The van der Waals surface area contributed by atoms with Gasteiger partial charge in [0.15, 0.2) is 0 Å². The van der Waals surface area contributed by atoms with E-state index >= 15 is 0 Å². The minimum Gasteiger partial charge on any atom is -0.390 e. The highest BCUT2D eigenvalue weighted by atomic mass is 35.5. The van der Waals surface area contributed by atoms with Crippen LogP contribution in [0.25, 0.3) is 11.4 Å². The van der Waals surface area contributed by atoms with Crippen LogP contribution in [-0.2, 0) is 6.61 Å². The van der Waals surface area contributed by atoms with E-state index in [2.05, 4.69) is 16.0 Å². The number of hydrogen-bond donors (Lipinski definition) is 2. The number of nitrogens with zero attached hydrogens (tertiary/aromatic N) is 1. The molecule has 0 aliphatic carbocycles. The van der Waals surface area contributed by atoms with Gasteiger partial charge in [0, 0.05) is 5.56 Å². The summed E-state index contributed by atoms with van der Waals surface area (Å²) in [5.74, 6) is 0.803. The number of nitrogens with one attached hydrogen (secondary N) is 1. The van der Waals surface area contributed by atoms with Crippen molar-refractivity contribution in [3.63, 3.8) is 0 Å². The third kappa shape index (κ3) is 2.58. The third-order valence-electron chi connectivity index (χ3n) is 2.09. The summed E-state index contributed by atoms with van der Waals surface area (Å²) in [5, 5.41) is 8.88. The van der Waals surface area contributed by atoms with E-state index in [9.17, 15) is 0 Å². The smallest absolute Gasteiger partial charge is 0.137 e. The Hall–Kier alpha value is -1.32. The molecule has 0 saturated carbocycles. The van der Waals surface area contributed by atoms with E-state index in [1.165, 1.54) is 5.56 Å². The Kier molecular flexibility index (Phi) is 3.88. The molecule has 3 nitrogen and oxygen atoms in total. The molecule has 0 aliphatic rings. The van der Waals surface area contributed by atoms with Crippen LogP contribution in [0.5, 0.6) is 0 Å². The molecule has 1 heterocycles. The molecule has 15 heavy (non-hydrogen) atoms. The number of aryl methyl sites for hydroxylation is 1. The number of aliphatic hydroxyl groups excluding tert-OH is 1. The van der Waals surface area contributed by atoms with E-state index in [1.807, 2.05) is 25.1 Å². The van der Waals surface area contributed by atoms with Crippen molar-refractivity contribution in [1.82, 2.24) is 9.97 Å². The molecule has 0 bridgehead atoms. The Morgan fingerprint density at radius 2 is 2.20 bits per heavy atom. The number of aromatic nitrogens is 2. The molecule has 0 radical (unpaired) electrons. The van der Waals surface area contributed by atoms with Gasteiger partial charge in [-0.25, -0.2) is 4.98 Å². The predicted octanol–water partition coefficient (Wildman–Crippen LogP) is 2.30. The second-order valence-corrected chi connectivity index (χ2v) is 3.28. The molecule has 0 amide bonds. The molecule has 0 unspecified atom stereocenters. The fourth-order valence-electron chi connectivity index (χ4n) is 1.38. The van der Waals surface area contributed by atoms with Crippen molar-refractivity contribution < 1.29 is 5.11 Å². The topological polar surface area (TPSA) is 48.9 Å². The van der Waals surface area contributed by atoms with E-state index in [4.69, 9.17) is 5.11 Å². The van der Waals surface area contributed by atoms with Gasteiger partial charge >= 0.3 is 0 Å². The molecule has 1 aromatic heterocycles. The number of H-pyrrole nitrogens is 1.